The number of amides is 2. The van der Waals surface area contributed by atoms with Crippen molar-refractivity contribution in [1.29, 1.82) is 0 Å². The van der Waals surface area contributed by atoms with Crippen molar-refractivity contribution in [1.82, 2.24) is 4.90 Å². The second-order valence-corrected chi connectivity index (χ2v) is 2.51. The number of aliphatic hydroxyl groups is 2. The number of carbonyl (C=O) groups excluding carboxylic acids is 2. The van der Waals surface area contributed by atoms with Crippen molar-refractivity contribution in [3.63, 3.8) is 0 Å². The van der Waals surface area contributed by atoms with Gasteiger partial charge >= 0.3 is 0 Å². The first-order valence-corrected chi connectivity index (χ1v) is 4.10. The summed E-state index contributed by atoms with van der Waals surface area (Å²) in [6, 6.07) is 0. The fourth-order valence-corrected chi connectivity index (χ4v) is 0.832. The van der Waals surface area contributed by atoms with E-state index in [1.54, 1.807) is 0 Å². The topological polar surface area (TPSA) is 104 Å². The average molecular weight is 202 g/mol. The molecule has 0 aromatic heterocycles. The fraction of sp³-hybridized carbons (Fsp3) is 0.500. The monoisotopic (exact) mass is 202 g/mol. The molecule has 0 aliphatic rings. The van der Waals surface area contributed by atoms with Crippen LogP contribution in [0.3, 0.4) is 0 Å². The van der Waals surface area contributed by atoms with Crippen LogP contribution in [0.25, 0.3) is 0 Å². The van der Waals surface area contributed by atoms with E-state index in [0.29, 0.717) is 0 Å². The van der Waals surface area contributed by atoms with E-state index in [1.165, 1.54) is 4.90 Å². The Balaban J connectivity index is 4.20. The first-order chi connectivity index (χ1) is 6.61. The van der Waals surface area contributed by atoms with Gasteiger partial charge in [-0.15, -0.1) is 0 Å². The molecule has 80 valence electrons. The van der Waals surface area contributed by atoms with Crippen molar-refractivity contribution in [3.05, 3.63) is 12.2 Å². The summed E-state index contributed by atoms with van der Waals surface area (Å²) in [5.74, 6) is -1.18. The number of carbonyl (C=O) groups is 2. The van der Waals surface area contributed by atoms with E-state index < -0.39 is 11.8 Å². The molecule has 0 atom stereocenters. The van der Waals surface area contributed by atoms with Crippen LogP contribution in [-0.2, 0) is 9.59 Å². The van der Waals surface area contributed by atoms with Gasteiger partial charge in [-0.2, -0.15) is 0 Å². The third-order valence-corrected chi connectivity index (χ3v) is 1.44. The second kappa shape index (κ2) is 7.05. The van der Waals surface area contributed by atoms with E-state index in [9.17, 15) is 9.59 Å². The second-order valence-electron chi connectivity index (χ2n) is 2.51. The SMILES string of the molecule is NC(=O)/C=C\C(=O)N(CCO)CCO. The molecule has 0 bridgehead atoms. The van der Waals surface area contributed by atoms with Crippen molar-refractivity contribution in [2.45, 2.75) is 0 Å². The van der Waals surface area contributed by atoms with Gasteiger partial charge in [0.15, 0.2) is 0 Å². The van der Waals surface area contributed by atoms with E-state index in [0.717, 1.165) is 12.2 Å². The van der Waals surface area contributed by atoms with Crippen LogP contribution in [0.2, 0.25) is 0 Å². The van der Waals surface area contributed by atoms with Gasteiger partial charge in [0.2, 0.25) is 11.8 Å². The largest absolute Gasteiger partial charge is 0.395 e. The van der Waals surface area contributed by atoms with Gasteiger partial charge in [-0.25, -0.2) is 0 Å². The molecule has 0 fully saturated rings. The zero-order valence-corrected chi connectivity index (χ0v) is 7.72. The summed E-state index contributed by atoms with van der Waals surface area (Å²) in [6.45, 7) is -0.169. The minimum absolute atomic E-state index is 0.114. The van der Waals surface area contributed by atoms with Gasteiger partial charge in [-0.05, 0) is 0 Å². The Morgan fingerprint density at radius 3 is 2.00 bits per heavy atom. The molecule has 0 saturated carbocycles. The number of hydrogen-bond acceptors (Lipinski definition) is 4. The van der Waals surface area contributed by atoms with Gasteiger partial charge in [0.1, 0.15) is 0 Å². The lowest BCUT2D eigenvalue weighted by Gasteiger charge is -2.18. The van der Waals surface area contributed by atoms with E-state index in [4.69, 9.17) is 15.9 Å². The van der Waals surface area contributed by atoms with Gasteiger partial charge in [0, 0.05) is 25.2 Å². The third-order valence-electron chi connectivity index (χ3n) is 1.44. The van der Waals surface area contributed by atoms with Crippen molar-refractivity contribution in [2.24, 2.45) is 5.73 Å². The van der Waals surface area contributed by atoms with E-state index in [-0.39, 0.29) is 26.3 Å². The first-order valence-electron chi connectivity index (χ1n) is 4.10. The predicted molar refractivity (Wildman–Crippen MR) is 49.1 cm³/mol. The first kappa shape index (κ1) is 12.6. The van der Waals surface area contributed by atoms with Crippen molar-refractivity contribution in [3.8, 4) is 0 Å². The van der Waals surface area contributed by atoms with Crippen LogP contribution in [-0.4, -0.2) is 53.2 Å². The molecule has 0 unspecified atom stereocenters. The van der Waals surface area contributed by atoms with Crippen LogP contribution < -0.4 is 5.73 Å². The molecule has 0 aromatic rings. The van der Waals surface area contributed by atoms with Crippen molar-refractivity contribution >= 4 is 11.8 Å². The van der Waals surface area contributed by atoms with E-state index in [2.05, 4.69) is 0 Å². The van der Waals surface area contributed by atoms with E-state index in [1.807, 2.05) is 0 Å². The molecule has 0 aromatic carbocycles. The maximum absolute atomic E-state index is 11.2. The van der Waals surface area contributed by atoms with Crippen LogP contribution in [0.15, 0.2) is 12.2 Å². The highest BCUT2D eigenvalue weighted by Crippen LogP contribution is 1.90. The molecule has 14 heavy (non-hydrogen) atoms. The van der Waals surface area contributed by atoms with Crippen LogP contribution in [0.5, 0.6) is 0 Å². The minimum Gasteiger partial charge on any atom is -0.395 e. The van der Waals surface area contributed by atoms with Gasteiger partial charge < -0.3 is 20.8 Å². The molecular formula is C8H14N2O4. The Bertz CT molecular complexity index is 221. The highest BCUT2D eigenvalue weighted by molar-refractivity contribution is 5.95. The Labute approximate surface area is 81.6 Å². The molecule has 0 aliphatic carbocycles. The summed E-state index contributed by atoms with van der Waals surface area (Å²) in [6.07, 6.45) is 1.94. The Kier molecular flexibility index (Phi) is 6.34. The highest BCUT2D eigenvalue weighted by Gasteiger charge is 2.08. The highest BCUT2D eigenvalue weighted by atomic mass is 16.3. The molecule has 0 rings (SSSR count). The number of primary amides is 1. The normalized spacial score (nSPS) is 10.4. The number of nitrogens with two attached hydrogens (primary N) is 1. The molecule has 2 amide bonds. The summed E-state index contributed by atoms with van der Waals surface area (Å²) < 4.78 is 0. The molecule has 0 spiro atoms. The van der Waals surface area contributed by atoms with Crippen LogP contribution in [0, 0.1) is 0 Å². The maximum Gasteiger partial charge on any atom is 0.246 e. The van der Waals surface area contributed by atoms with E-state index >= 15 is 0 Å². The molecule has 0 aliphatic heterocycles. The maximum atomic E-state index is 11.2. The summed E-state index contributed by atoms with van der Waals surface area (Å²) in [7, 11) is 0. The smallest absolute Gasteiger partial charge is 0.246 e. The molecule has 6 heteroatoms. The lowest BCUT2D eigenvalue weighted by atomic mass is 10.4. The average Bonchev–Trinajstić information content (AvgIpc) is 2.14. The number of hydrogen-bond donors (Lipinski definition) is 3. The molecule has 0 saturated heterocycles. The zero-order valence-electron chi connectivity index (χ0n) is 7.72. The Morgan fingerprint density at radius 1 is 1.14 bits per heavy atom. The quantitative estimate of drug-likeness (QED) is 0.427. The van der Waals surface area contributed by atoms with Gasteiger partial charge in [-0.1, -0.05) is 0 Å². The minimum atomic E-state index is -0.716. The molecule has 4 N–H and O–H groups in total. The Hall–Kier alpha value is -1.40. The number of rotatable bonds is 6. The number of aliphatic hydroxyl groups excluding tert-OH is 2. The molecule has 0 heterocycles. The van der Waals surface area contributed by atoms with Gasteiger partial charge in [0.05, 0.1) is 13.2 Å². The van der Waals surface area contributed by atoms with Gasteiger partial charge in [0.25, 0.3) is 0 Å². The molecule has 0 radical (unpaired) electrons. The summed E-state index contributed by atoms with van der Waals surface area (Å²) in [5, 5.41) is 17.2. The molecule has 6 nitrogen and oxygen atoms in total. The predicted octanol–water partition coefficient (Wildman–Crippen LogP) is -2.16. The molecular weight excluding hydrogens is 188 g/mol. The fourth-order valence-electron chi connectivity index (χ4n) is 0.832. The van der Waals surface area contributed by atoms with Gasteiger partial charge in [-0.3, -0.25) is 9.59 Å². The van der Waals surface area contributed by atoms with Crippen LogP contribution >= 0.6 is 0 Å². The lowest BCUT2D eigenvalue weighted by molar-refractivity contribution is -0.127. The van der Waals surface area contributed by atoms with Crippen molar-refractivity contribution < 1.29 is 19.8 Å². The standard InChI is InChI=1S/C8H14N2O4/c9-7(13)1-2-8(14)10(3-5-11)4-6-12/h1-2,11-12H,3-6H2,(H2,9,13)/b2-1-. The van der Waals surface area contributed by atoms with Crippen LogP contribution in [0.1, 0.15) is 0 Å². The zero-order chi connectivity index (χ0) is 11.0. The summed E-state index contributed by atoms with van der Waals surface area (Å²) in [5.41, 5.74) is 4.79. The number of nitrogens with zero attached hydrogens (tertiary/aromatic N) is 1. The lowest BCUT2D eigenvalue weighted by Crippen LogP contribution is -2.34. The summed E-state index contributed by atoms with van der Waals surface area (Å²) in [4.78, 5) is 22.8. The van der Waals surface area contributed by atoms with Crippen LogP contribution in [0.4, 0.5) is 0 Å². The third kappa shape index (κ3) is 5.28. The Morgan fingerprint density at radius 2 is 1.64 bits per heavy atom. The van der Waals surface area contributed by atoms with Crippen molar-refractivity contribution in [2.75, 3.05) is 26.3 Å². The summed E-state index contributed by atoms with van der Waals surface area (Å²) >= 11 is 0.